The molecule has 2 nitrogen and oxygen atoms in total. The lowest BCUT2D eigenvalue weighted by molar-refractivity contribution is 0.601. The third-order valence-corrected chi connectivity index (χ3v) is 0.852. The first-order valence-corrected chi connectivity index (χ1v) is 3.23. The van der Waals surface area contributed by atoms with E-state index in [2.05, 4.69) is 9.97 Å². The second-order valence-electron chi connectivity index (χ2n) is 1.46. The standard InChI is InChI=1S/C5H5FN2.C2H6/c1-4-5(6)2-7-3-8-4;1-2/h2-3H,1H3;1-2H3. The molecule has 0 radical (unpaired) electrons. The van der Waals surface area contributed by atoms with E-state index in [0.717, 1.165) is 6.20 Å². The summed E-state index contributed by atoms with van der Waals surface area (Å²) in [7, 11) is 0. The number of hydrogen-bond donors (Lipinski definition) is 0. The Bertz CT molecular complexity index is 168. The Labute approximate surface area is 60.1 Å². The summed E-state index contributed by atoms with van der Waals surface area (Å²) in [5, 5.41) is 0. The molecule has 0 aromatic carbocycles. The number of rotatable bonds is 0. The van der Waals surface area contributed by atoms with Gasteiger partial charge in [-0.25, -0.2) is 14.4 Å². The lowest BCUT2D eigenvalue weighted by atomic mass is 10.4. The molecule has 0 fully saturated rings. The van der Waals surface area contributed by atoms with Crippen molar-refractivity contribution in [2.75, 3.05) is 0 Å². The maximum Gasteiger partial charge on any atom is 0.162 e. The summed E-state index contributed by atoms with van der Waals surface area (Å²) in [6.07, 6.45) is 2.46. The topological polar surface area (TPSA) is 25.8 Å². The normalized spacial score (nSPS) is 8.00. The molecule has 1 aromatic heterocycles. The van der Waals surface area contributed by atoms with Crippen molar-refractivity contribution in [1.29, 1.82) is 0 Å². The number of aryl methyl sites for hydroxylation is 1. The summed E-state index contributed by atoms with van der Waals surface area (Å²) in [4.78, 5) is 7.05. The maximum absolute atomic E-state index is 12.2. The van der Waals surface area contributed by atoms with Crippen LogP contribution in [0.25, 0.3) is 0 Å². The minimum absolute atomic E-state index is 0.354. The van der Waals surface area contributed by atoms with Crippen molar-refractivity contribution in [3.05, 3.63) is 24.0 Å². The van der Waals surface area contributed by atoms with E-state index >= 15 is 0 Å². The van der Waals surface area contributed by atoms with Crippen LogP contribution in [0.3, 0.4) is 0 Å². The third kappa shape index (κ3) is 2.53. The number of aromatic nitrogens is 2. The fourth-order valence-corrected chi connectivity index (χ4v) is 0.374. The molecular weight excluding hydrogens is 131 g/mol. The van der Waals surface area contributed by atoms with Crippen LogP contribution in [0.15, 0.2) is 12.5 Å². The molecule has 1 aromatic rings. The second-order valence-corrected chi connectivity index (χ2v) is 1.46. The van der Waals surface area contributed by atoms with Gasteiger partial charge in [-0.15, -0.1) is 0 Å². The van der Waals surface area contributed by atoms with E-state index in [-0.39, 0.29) is 5.82 Å². The number of halogens is 1. The van der Waals surface area contributed by atoms with Gasteiger partial charge in [-0.05, 0) is 6.92 Å². The highest BCUT2D eigenvalue weighted by molar-refractivity contribution is 4.97. The number of nitrogens with zero attached hydrogens (tertiary/aromatic N) is 2. The monoisotopic (exact) mass is 142 g/mol. The first-order valence-electron chi connectivity index (χ1n) is 3.23. The van der Waals surface area contributed by atoms with Crippen LogP contribution in [0, 0.1) is 12.7 Å². The van der Waals surface area contributed by atoms with Gasteiger partial charge < -0.3 is 0 Å². The number of hydrogen-bond acceptors (Lipinski definition) is 2. The first kappa shape index (κ1) is 9.01. The van der Waals surface area contributed by atoms with Crippen molar-refractivity contribution >= 4 is 0 Å². The highest BCUT2D eigenvalue weighted by atomic mass is 19.1. The van der Waals surface area contributed by atoms with Crippen LogP contribution in [0.1, 0.15) is 19.5 Å². The first-order chi connectivity index (χ1) is 4.80. The summed E-state index contributed by atoms with van der Waals surface area (Å²) in [5.74, 6) is -0.354. The molecule has 0 aliphatic rings. The summed E-state index contributed by atoms with van der Waals surface area (Å²) in [6, 6.07) is 0. The fourth-order valence-electron chi connectivity index (χ4n) is 0.374. The molecule has 0 unspecified atom stereocenters. The molecule has 0 spiro atoms. The quantitative estimate of drug-likeness (QED) is 0.553. The van der Waals surface area contributed by atoms with Crippen molar-refractivity contribution < 1.29 is 4.39 Å². The summed E-state index contributed by atoms with van der Waals surface area (Å²) >= 11 is 0. The van der Waals surface area contributed by atoms with Crippen LogP contribution >= 0.6 is 0 Å². The molecule has 10 heavy (non-hydrogen) atoms. The van der Waals surface area contributed by atoms with Crippen LogP contribution in [0.2, 0.25) is 0 Å². The fraction of sp³-hybridized carbons (Fsp3) is 0.429. The Kier molecular flexibility index (Phi) is 4.37. The van der Waals surface area contributed by atoms with Crippen LogP contribution in [-0.4, -0.2) is 9.97 Å². The van der Waals surface area contributed by atoms with Crippen molar-refractivity contribution in [2.45, 2.75) is 20.8 Å². The van der Waals surface area contributed by atoms with E-state index in [4.69, 9.17) is 0 Å². The molecule has 0 bridgehead atoms. The van der Waals surface area contributed by atoms with Gasteiger partial charge in [0.2, 0.25) is 0 Å². The predicted octanol–water partition coefficient (Wildman–Crippen LogP) is 1.95. The van der Waals surface area contributed by atoms with Gasteiger partial charge in [-0.2, -0.15) is 0 Å². The summed E-state index contributed by atoms with van der Waals surface area (Å²) in [6.45, 7) is 5.59. The predicted molar refractivity (Wildman–Crippen MR) is 38.1 cm³/mol. The highest BCUT2D eigenvalue weighted by Crippen LogP contribution is 1.95. The summed E-state index contributed by atoms with van der Waals surface area (Å²) in [5.41, 5.74) is 0.389. The van der Waals surface area contributed by atoms with E-state index in [1.165, 1.54) is 6.33 Å². The van der Waals surface area contributed by atoms with Gasteiger partial charge in [-0.3, -0.25) is 0 Å². The molecule has 1 heterocycles. The average molecular weight is 142 g/mol. The van der Waals surface area contributed by atoms with E-state index < -0.39 is 0 Å². The van der Waals surface area contributed by atoms with Gasteiger partial charge in [0, 0.05) is 0 Å². The molecule has 0 atom stereocenters. The Morgan fingerprint density at radius 1 is 1.40 bits per heavy atom. The minimum Gasteiger partial charge on any atom is -0.242 e. The Balaban J connectivity index is 0.000000371. The molecular formula is C7H11FN2. The van der Waals surface area contributed by atoms with Gasteiger partial charge >= 0.3 is 0 Å². The lowest BCUT2D eigenvalue weighted by Gasteiger charge is -1.87. The SMILES string of the molecule is CC.Cc1ncncc1F. The summed E-state index contributed by atoms with van der Waals surface area (Å²) < 4.78 is 12.2. The van der Waals surface area contributed by atoms with Gasteiger partial charge in [0.1, 0.15) is 6.33 Å². The van der Waals surface area contributed by atoms with E-state index in [1.54, 1.807) is 6.92 Å². The van der Waals surface area contributed by atoms with Gasteiger partial charge in [-0.1, -0.05) is 13.8 Å². The molecule has 3 heteroatoms. The van der Waals surface area contributed by atoms with Gasteiger partial charge in [0.25, 0.3) is 0 Å². The Morgan fingerprint density at radius 2 is 2.00 bits per heavy atom. The molecule has 0 saturated heterocycles. The molecule has 56 valence electrons. The highest BCUT2D eigenvalue weighted by Gasteiger charge is 1.91. The van der Waals surface area contributed by atoms with Crippen molar-refractivity contribution in [1.82, 2.24) is 9.97 Å². The van der Waals surface area contributed by atoms with E-state index in [9.17, 15) is 4.39 Å². The lowest BCUT2D eigenvalue weighted by Crippen LogP contribution is -1.86. The van der Waals surface area contributed by atoms with Gasteiger partial charge in [0.15, 0.2) is 5.82 Å². The Morgan fingerprint density at radius 3 is 2.30 bits per heavy atom. The van der Waals surface area contributed by atoms with Crippen LogP contribution < -0.4 is 0 Å². The zero-order valence-electron chi connectivity index (χ0n) is 6.43. The molecule has 0 aliphatic carbocycles. The Hall–Kier alpha value is -0.990. The maximum atomic E-state index is 12.2. The molecule has 1 rings (SSSR count). The van der Waals surface area contributed by atoms with Gasteiger partial charge in [0.05, 0.1) is 11.9 Å². The molecule has 0 saturated carbocycles. The molecule has 0 N–H and O–H groups in total. The van der Waals surface area contributed by atoms with Crippen LogP contribution in [0.4, 0.5) is 4.39 Å². The average Bonchev–Trinajstić information content (AvgIpc) is 2.00. The van der Waals surface area contributed by atoms with E-state index in [1.807, 2.05) is 13.8 Å². The molecule has 0 amide bonds. The van der Waals surface area contributed by atoms with Crippen molar-refractivity contribution in [3.8, 4) is 0 Å². The van der Waals surface area contributed by atoms with Crippen molar-refractivity contribution in [2.24, 2.45) is 0 Å². The van der Waals surface area contributed by atoms with Crippen LogP contribution in [-0.2, 0) is 0 Å². The smallest absolute Gasteiger partial charge is 0.162 e. The largest absolute Gasteiger partial charge is 0.242 e. The zero-order chi connectivity index (χ0) is 7.98. The second kappa shape index (κ2) is 4.85. The molecule has 0 aliphatic heterocycles. The third-order valence-electron chi connectivity index (χ3n) is 0.852. The minimum atomic E-state index is -0.354. The zero-order valence-corrected chi connectivity index (χ0v) is 6.43. The van der Waals surface area contributed by atoms with Crippen molar-refractivity contribution in [3.63, 3.8) is 0 Å². The van der Waals surface area contributed by atoms with Crippen LogP contribution in [0.5, 0.6) is 0 Å². The van der Waals surface area contributed by atoms with E-state index in [0.29, 0.717) is 5.69 Å².